The second kappa shape index (κ2) is 6.05. The van der Waals surface area contributed by atoms with Gasteiger partial charge in [-0.2, -0.15) is 0 Å². The molecular weight excluding hydrogens is 320 g/mol. The molecule has 0 spiro atoms. The van der Waals surface area contributed by atoms with Gasteiger partial charge in [0, 0.05) is 19.5 Å². The van der Waals surface area contributed by atoms with Gasteiger partial charge in [0.1, 0.15) is 5.82 Å². The number of rotatable bonds is 4. The molecular formula is C18H16N4OS. The second-order valence-corrected chi connectivity index (χ2v) is 6.55. The Morgan fingerprint density at radius 3 is 2.62 bits per heavy atom. The number of thiophene rings is 1. The maximum Gasteiger partial charge on any atom is 0.269 e. The lowest BCUT2D eigenvalue weighted by Crippen LogP contribution is -2.18. The number of hydrogen-bond donors (Lipinski definition) is 0. The van der Waals surface area contributed by atoms with Crippen molar-refractivity contribution in [2.24, 2.45) is 7.05 Å². The molecule has 120 valence electrons. The molecule has 0 radical (unpaired) electrons. The van der Waals surface area contributed by atoms with Crippen molar-refractivity contribution < 1.29 is 0 Å². The van der Waals surface area contributed by atoms with Gasteiger partial charge in [-0.1, -0.05) is 36.4 Å². The van der Waals surface area contributed by atoms with E-state index in [0.29, 0.717) is 11.5 Å². The summed E-state index contributed by atoms with van der Waals surface area (Å²) >= 11 is 1.60. The molecule has 6 heteroatoms. The highest BCUT2D eigenvalue weighted by atomic mass is 32.1. The fourth-order valence-electron chi connectivity index (χ4n) is 2.78. The van der Waals surface area contributed by atoms with Crippen LogP contribution in [-0.2, 0) is 19.9 Å². The third-order valence-electron chi connectivity index (χ3n) is 4.01. The standard InChI is InChI=1S/C18H16N4OS/c1-21-17(23)12-16-20-18(14-8-5-11-24-14)19-15(22(16)21)10-9-13-6-3-2-4-7-13/h2-8,11-12H,9-10H2,1H3. The average molecular weight is 336 g/mol. The molecule has 0 unspecified atom stereocenters. The van der Waals surface area contributed by atoms with Crippen molar-refractivity contribution in [3.8, 4) is 10.7 Å². The van der Waals surface area contributed by atoms with Crippen molar-refractivity contribution in [2.75, 3.05) is 0 Å². The van der Waals surface area contributed by atoms with Crippen molar-refractivity contribution in [1.82, 2.24) is 19.2 Å². The molecule has 0 bridgehead atoms. The second-order valence-electron chi connectivity index (χ2n) is 5.60. The van der Waals surface area contributed by atoms with Crippen LogP contribution in [0.5, 0.6) is 0 Å². The molecule has 0 saturated carbocycles. The summed E-state index contributed by atoms with van der Waals surface area (Å²) in [7, 11) is 1.75. The van der Waals surface area contributed by atoms with Crippen LogP contribution in [0.4, 0.5) is 0 Å². The number of aromatic nitrogens is 4. The lowest BCUT2D eigenvalue weighted by molar-refractivity contribution is 0.623. The molecule has 0 N–H and O–H groups in total. The van der Waals surface area contributed by atoms with Gasteiger partial charge >= 0.3 is 0 Å². The Labute approximate surface area is 142 Å². The van der Waals surface area contributed by atoms with E-state index < -0.39 is 0 Å². The average Bonchev–Trinajstić information content (AvgIpc) is 3.23. The summed E-state index contributed by atoms with van der Waals surface area (Å²) in [6.45, 7) is 0. The van der Waals surface area contributed by atoms with Gasteiger partial charge in [-0.25, -0.2) is 19.2 Å². The summed E-state index contributed by atoms with van der Waals surface area (Å²) in [6, 6.07) is 15.8. The van der Waals surface area contributed by atoms with E-state index in [-0.39, 0.29) is 5.56 Å². The van der Waals surface area contributed by atoms with Crippen LogP contribution in [0.2, 0.25) is 0 Å². The summed E-state index contributed by atoms with van der Waals surface area (Å²) < 4.78 is 3.37. The summed E-state index contributed by atoms with van der Waals surface area (Å²) in [5.41, 5.74) is 1.82. The molecule has 3 aromatic heterocycles. The lowest BCUT2D eigenvalue weighted by Gasteiger charge is -2.09. The molecule has 5 nitrogen and oxygen atoms in total. The summed E-state index contributed by atoms with van der Waals surface area (Å²) in [6.07, 6.45) is 1.60. The smallest absolute Gasteiger partial charge is 0.268 e. The third kappa shape index (κ3) is 2.65. The predicted octanol–water partition coefficient (Wildman–Crippen LogP) is 2.94. The third-order valence-corrected chi connectivity index (χ3v) is 4.88. The minimum Gasteiger partial charge on any atom is -0.268 e. The number of nitrogens with zero attached hydrogens (tertiary/aromatic N) is 4. The van der Waals surface area contributed by atoms with E-state index >= 15 is 0 Å². The largest absolute Gasteiger partial charge is 0.269 e. The Balaban J connectivity index is 1.80. The Kier molecular flexibility index (Phi) is 3.74. The zero-order valence-electron chi connectivity index (χ0n) is 13.2. The highest BCUT2D eigenvalue weighted by molar-refractivity contribution is 7.13. The van der Waals surface area contributed by atoms with Crippen LogP contribution in [0.25, 0.3) is 16.3 Å². The van der Waals surface area contributed by atoms with Crippen LogP contribution < -0.4 is 5.56 Å². The van der Waals surface area contributed by atoms with Gasteiger partial charge in [0.25, 0.3) is 5.56 Å². The Morgan fingerprint density at radius 2 is 1.88 bits per heavy atom. The van der Waals surface area contributed by atoms with E-state index in [1.165, 1.54) is 5.56 Å². The number of aryl methyl sites for hydroxylation is 3. The van der Waals surface area contributed by atoms with Gasteiger partial charge < -0.3 is 0 Å². The van der Waals surface area contributed by atoms with Gasteiger partial charge in [0.15, 0.2) is 11.5 Å². The molecule has 0 atom stereocenters. The van der Waals surface area contributed by atoms with Gasteiger partial charge in [0.05, 0.1) is 4.88 Å². The Hall–Kier alpha value is -2.73. The first kappa shape index (κ1) is 14.8. The fraction of sp³-hybridized carbons (Fsp3) is 0.167. The SMILES string of the molecule is Cn1c(=O)cc2nc(-c3cccs3)nc(CCc3ccccc3)n21. The topological polar surface area (TPSA) is 52.2 Å². The highest BCUT2D eigenvalue weighted by Crippen LogP contribution is 2.22. The van der Waals surface area contributed by atoms with Crippen LogP contribution in [0.1, 0.15) is 11.4 Å². The summed E-state index contributed by atoms with van der Waals surface area (Å²) in [5, 5.41) is 2.00. The van der Waals surface area contributed by atoms with E-state index in [2.05, 4.69) is 17.1 Å². The maximum atomic E-state index is 12.0. The first-order valence-electron chi connectivity index (χ1n) is 7.76. The van der Waals surface area contributed by atoms with Crippen LogP contribution in [0.15, 0.2) is 58.7 Å². The molecule has 0 fully saturated rings. The molecule has 4 rings (SSSR count). The first-order chi connectivity index (χ1) is 11.7. The molecule has 0 saturated heterocycles. The number of hydrogen-bond acceptors (Lipinski definition) is 4. The molecule has 3 heterocycles. The summed E-state index contributed by atoms with van der Waals surface area (Å²) in [4.78, 5) is 22.3. The maximum absolute atomic E-state index is 12.0. The number of benzene rings is 1. The van der Waals surface area contributed by atoms with Gasteiger partial charge in [0.2, 0.25) is 0 Å². The van der Waals surface area contributed by atoms with Gasteiger partial charge in [-0.05, 0) is 23.4 Å². The Bertz CT molecular complexity index is 1030. The summed E-state index contributed by atoms with van der Waals surface area (Å²) in [5.74, 6) is 1.52. The molecule has 0 aliphatic heterocycles. The molecule has 1 aromatic carbocycles. The van der Waals surface area contributed by atoms with E-state index in [4.69, 9.17) is 4.98 Å². The molecule has 0 aliphatic carbocycles. The van der Waals surface area contributed by atoms with Crippen molar-refractivity contribution in [2.45, 2.75) is 12.8 Å². The normalized spacial score (nSPS) is 11.2. The first-order valence-corrected chi connectivity index (χ1v) is 8.64. The molecule has 0 aliphatic rings. The molecule has 0 amide bonds. The van der Waals surface area contributed by atoms with E-state index in [0.717, 1.165) is 23.5 Å². The monoisotopic (exact) mass is 336 g/mol. The van der Waals surface area contributed by atoms with Crippen molar-refractivity contribution in [3.05, 3.63) is 75.7 Å². The highest BCUT2D eigenvalue weighted by Gasteiger charge is 2.13. The van der Waals surface area contributed by atoms with E-state index in [1.54, 1.807) is 29.1 Å². The fourth-order valence-corrected chi connectivity index (χ4v) is 3.44. The van der Waals surface area contributed by atoms with Crippen molar-refractivity contribution in [1.29, 1.82) is 0 Å². The minimum atomic E-state index is -0.0754. The zero-order valence-corrected chi connectivity index (χ0v) is 14.0. The van der Waals surface area contributed by atoms with Gasteiger partial charge in [-0.15, -0.1) is 11.3 Å². The van der Waals surface area contributed by atoms with E-state index in [1.807, 2.05) is 40.2 Å². The van der Waals surface area contributed by atoms with Crippen LogP contribution in [0.3, 0.4) is 0 Å². The molecule has 4 aromatic rings. The van der Waals surface area contributed by atoms with Crippen LogP contribution in [-0.4, -0.2) is 19.2 Å². The van der Waals surface area contributed by atoms with Crippen molar-refractivity contribution >= 4 is 17.0 Å². The zero-order chi connectivity index (χ0) is 16.5. The van der Waals surface area contributed by atoms with Crippen LogP contribution >= 0.6 is 11.3 Å². The minimum absolute atomic E-state index is 0.0754. The van der Waals surface area contributed by atoms with Crippen molar-refractivity contribution in [3.63, 3.8) is 0 Å². The van der Waals surface area contributed by atoms with Gasteiger partial charge in [-0.3, -0.25) is 4.79 Å². The van der Waals surface area contributed by atoms with E-state index in [9.17, 15) is 4.79 Å². The quantitative estimate of drug-likeness (QED) is 0.576. The van der Waals surface area contributed by atoms with Crippen LogP contribution in [0, 0.1) is 0 Å². The number of fused-ring (bicyclic) bond motifs is 1. The Morgan fingerprint density at radius 1 is 1.04 bits per heavy atom. The lowest BCUT2D eigenvalue weighted by atomic mass is 10.1. The molecule has 24 heavy (non-hydrogen) atoms. The predicted molar refractivity (Wildman–Crippen MR) is 95.4 cm³/mol.